The van der Waals surface area contributed by atoms with Gasteiger partial charge in [-0.1, -0.05) is 30.3 Å². The Morgan fingerprint density at radius 2 is 1.81 bits per heavy atom. The molecule has 1 aliphatic heterocycles. The molecule has 1 N–H and O–H groups in total. The number of benzene rings is 2. The molecule has 0 bridgehead atoms. The van der Waals surface area contributed by atoms with E-state index >= 15 is 0 Å². The lowest BCUT2D eigenvalue weighted by Gasteiger charge is -2.22. The molecule has 0 amide bonds. The quantitative estimate of drug-likeness (QED) is 0.675. The molecule has 3 aromatic rings. The van der Waals surface area contributed by atoms with Crippen molar-refractivity contribution < 1.29 is 4.74 Å². The van der Waals surface area contributed by atoms with E-state index in [4.69, 9.17) is 4.74 Å². The molecule has 1 aromatic heterocycles. The minimum Gasteiger partial charge on any atom is -0.497 e. The summed E-state index contributed by atoms with van der Waals surface area (Å²) in [5.41, 5.74) is 4.11. The summed E-state index contributed by atoms with van der Waals surface area (Å²) < 4.78 is 7.75. The number of ether oxygens (including phenoxy) is 1. The Hall–Kier alpha value is -1.68. The summed E-state index contributed by atoms with van der Waals surface area (Å²) in [7, 11) is 1.72. The van der Waals surface area contributed by atoms with E-state index in [1.54, 1.807) is 7.11 Å². The molecule has 1 aliphatic rings. The third-order valence-electron chi connectivity index (χ3n) is 5.09. The SMILES string of the molecule is COc1cccc(Cn2cc(C3CCNCC3)c3ccccc32)c1.Cl.Cl. The number of aromatic nitrogens is 1. The molecule has 5 heteroatoms. The molecule has 0 unspecified atom stereocenters. The lowest BCUT2D eigenvalue weighted by molar-refractivity contribution is 0.414. The van der Waals surface area contributed by atoms with Gasteiger partial charge in [-0.05, 0) is 61.2 Å². The minimum absolute atomic E-state index is 0. The van der Waals surface area contributed by atoms with Gasteiger partial charge in [-0.3, -0.25) is 0 Å². The van der Waals surface area contributed by atoms with Gasteiger partial charge in [0.1, 0.15) is 5.75 Å². The highest BCUT2D eigenvalue weighted by molar-refractivity contribution is 5.86. The molecule has 4 rings (SSSR count). The minimum atomic E-state index is 0. The Labute approximate surface area is 167 Å². The van der Waals surface area contributed by atoms with Gasteiger partial charge in [-0.15, -0.1) is 24.8 Å². The van der Waals surface area contributed by atoms with E-state index in [1.165, 1.54) is 34.9 Å². The molecule has 3 nitrogen and oxygen atoms in total. The van der Waals surface area contributed by atoms with Crippen molar-refractivity contribution in [3.63, 3.8) is 0 Å². The Kier molecular flexibility index (Phi) is 7.39. The number of halogens is 2. The lowest BCUT2D eigenvalue weighted by Crippen LogP contribution is -2.26. The van der Waals surface area contributed by atoms with Crippen LogP contribution in [0.25, 0.3) is 10.9 Å². The Balaban J connectivity index is 0.00000121. The predicted octanol–water partition coefficient (Wildman–Crippen LogP) is 5.01. The van der Waals surface area contributed by atoms with Crippen molar-refractivity contribution >= 4 is 35.7 Å². The van der Waals surface area contributed by atoms with Crippen LogP contribution in [0.4, 0.5) is 0 Å². The molecular formula is C21H26Cl2N2O. The zero-order chi connectivity index (χ0) is 16.4. The van der Waals surface area contributed by atoms with Gasteiger partial charge in [0.15, 0.2) is 0 Å². The molecule has 0 aliphatic carbocycles. The van der Waals surface area contributed by atoms with Crippen molar-refractivity contribution in [2.24, 2.45) is 0 Å². The van der Waals surface area contributed by atoms with Crippen molar-refractivity contribution in [1.82, 2.24) is 9.88 Å². The molecule has 2 aromatic carbocycles. The van der Waals surface area contributed by atoms with Crippen LogP contribution in [-0.4, -0.2) is 24.8 Å². The first-order valence-corrected chi connectivity index (χ1v) is 8.76. The lowest BCUT2D eigenvalue weighted by atomic mass is 9.90. The average Bonchev–Trinajstić information content (AvgIpc) is 3.01. The number of methoxy groups -OCH3 is 1. The van der Waals surface area contributed by atoms with Crippen molar-refractivity contribution in [3.05, 3.63) is 65.9 Å². The number of nitrogens with zero attached hydrogens (tertiary/aromatic N) is 1. The van der Waals surface area contributed by atoms with Crippen LogP contribution in [0.2, 0.25) is 0 Å². The van der Waals surface area contributed by atoms with Crippen LogP contribution >= 0.6 is 24.8 Å². The zero-order valence-corrected chi connectivity index (χ0v) is 16.6. The van der Waals surface area contributed by atoms with Crippen LogP contribution < -0.4 is 10.1 Å². The van der Waals surface area contributed by atoms with E-state index < -0.39 is 0 Å². The molecule has 0 saturated carbocycles. The fourth-order valence-electron chi connectivity index (χ4n) is 3.83. The van der Waals surface area contributed by atoms with E-state index in [0.29, 0.717) is 5.92 Å². The van der Waals surface area contributed by atoms with E-state index in [-0.39, 0.29) is 24.8 Å². The number of hydrogen-bond acceptors (Lipinski definition) is 2. The fraction of sp³-hybridized carbons (Fsp3) is 0.333. The van der Waals surface area contributed by atoms with Crippen molar-refractivity contribution in [2.75, 3.05) is 20.2 Å². The summed E-state index contributed by atoms with van der Waals surface area (Å²) in [4.78, 5) is 0. The van der Waals surface area contributed by atoms with E-state index in [0.717, 1.165) is 25.4 Å². The second kappa shape index (κ2) is 9.31. The van der Waals surface area contributed by atoms with Gasteiger partial charge in [-0.25, -0.2) is 0 Å². The van der Waals surface area contributed by atoms with E-state index in [1.807, 2.05) is 6.07 Å². The summed E-state index contributed by atoms with van der Waals surface area (Å²) in [6, 6.07) is 17.2. The molecular weight excluding hydrogens is 367 g/mol. The van der Waals surface area contributed by atoms with Crippen LogP contribution in [0, 0.1) is 0 Å². The smallest absolute Gasteiger partial charge is 0.119 e. The van der Waals surface area contributed by atoms with Crippen molar-refractivity contribution in [3.8, 4) is 5.75 Å². The Morgan fingerprint density at radius 1 is 1.04 bits per heavy atom. The van der Waals surface area contributed by atoms with Gasteiger partial charge in [-0.2, -0.15) is 0 Å². The largest absolute Gasteiger partial charge is 0.497 e. The van der Waals surface area contributed by atoms with Crippen LogP contribution in [0.3, 0.4) is 0 Å². The Morgan fingerprint density at radius 3 is 2.58 bits per heavy atom. The van der Waals surface area contributed by atoms with Crippen molar-refractivity contribution in [2.45, 2.75) is 25.3 Å². The second-order valence-corrected chi connectivity index (χ2v) is 6.61. The van der Waals surface area contributed by atoms with Crippen LogP contribution in [0.1, 0.15) is 29.9 Å². The standard InChI is InChI=1S/C21H24N2O.2ClH/c1-24-18-6-4-5-16(13-18)14-23-15-20(17-9-11-22-12-10-17)19-7-2-3-8-21(19)23;;/h2-8,13,15,17,22H,9-12,14H2,1H3;2*1H. The first-order valence-electron chi connectivity index (χ1n) is 8.76. The van der Waals surface area contributed by atoms with Gasteiger partial charge in [0.05, 0.1) is 7.11 Å². The topological polar surface area (TPSA) is 26.2 Å². The maximum absolute atomic E-state index is 5.36. The molecule has 26 heavy (non-hydrogen) atoms. The molecule has 1 fully saturated rings. The van der Waals surface area contributed by atoms with Crippen LogP contribution in [0.15, 0.2) is 54.7 Å². The Bertz CT molecular complexity index is 841. The van der Waals surface area contributed by atoms with Gasteiger partial charge >= 0.3 is 0 Å². The third-order valence-corrected chi connectivity index (χ3v) is 5.09. The highest BCUT2D eigenvalue weighted by Crippen LogP contribution is 2.33. The monoisotopic (exact) mass is 392 g/mol. The average molecular weight is 393 g/mol. The first kappa shape index (κ1) is 20.6. The summed E-state index contributed by atoms with van der Waals surface area (Å²) in [5.74, 6) is 1.59. The summed E-state index contributed by atoms with van der Waals surface area (Å²) in [5, 5.41) is 4.88. The predicted molar refractivity (Wildman–Crippen MR) is 113 cm³/mol. The molecule has 0 spiro atoms. The molecule has 0 atom stereocenters. The van der Waals surface area contributed by atoms with Crippen molar-refractivity contribution in [1.29, 1.82) is 0 Å². The number of para-hydroxylation sites is 1. The maximum atomic E-state index is 5.36. The summed E-state index contributed by atoms with van der Waals surface area (Å²) in [6.45, 7) is 3.13. The highest BCUT2D eigenvalue weighted by atomic mass is 35.5. The number of hydrogen-bond donors (Lipinski definition) is 1. The van der Waals surface area contributed by atoms with Crippen LogP contribution in [-0.2, 0) is 6.54 Å². The van der Waals surface area contributed by atoms with E-state index in [9.17, 15) is 0 Å². The van der Waals surface area contributed by atoms with Gasteiger partial charge < -0.3 is 14.6 Å². The molecule has 2 heterocycles. The first-order chi connectivity index (χ1) is 11.8. The summed E-state index contributed by atoms with van der Waals surface area (Å²) in [6.07, 6.45) is 4.83. The molecule has 1 saturated heterocycles. The number of rotatable bonds is 4. The number of nitrogens with one attached hydrogen (secondary N) is 1. The fourth-order valence-corrected chi connectivity index (χ4v) is 3.83. The maximum Gasteiger partial charge on any atom is 0.119 e. The second-order valence-electron chi connectivity index (χ2n) is 6.61. The summed E-state index contributed by atoms with van der Waals surface area (Å²) >= 11 is 0. The van der Waals surface area contributed by atoms with Gasteiger partial charge in [0.25, 0.3) is 0 Å². The highest BCUT2D eigenvalue weighted by Gasteiger charge is 2.20. The third kappa shape index (κ3) is 4.17. The molecule has 0 radical (unpaired) electrons. The number of fused-ring (bicyclic) bond motifs is 1. The van der Waals surface area contributed by atoms with Crippen LogP contribution in [0.5, 0.6) is 5.75 Å². The van der Waals surface area contributed by atoms with Gasteiger partial charge in [0, 0.05) is 23.6 Å². The zero-order valence-electron chi connectivity index (χ0n) is 15.0. The molecule has 140 valence electrons. The normalized spacial score (nSPS) is 14.5. The van der Waals surface area contributed by atoms with E-state index in [2.05, 4.69) is 58.5 Å². The van der Waals surface area contributed by atoms with Gasteiger partial charge in [0.2, 0.25) is 0 Å². The number of piperidine rings is 1.